The maximum Gasteiger partial charge on any atom is 0.338 e. The summed E-state index contributed by atoms with van der Waals surface area (Å²) in [5.74, 6) is -0.434. The van der Waals surface area contributed by atoms with Crippen LogP contribution in [0.2, 0.25) is 5.02 Å². The van der Waals surface area contributed by atoms with Gasteiger partial charge >= 0.3 is 18.0 Å². The first-order valence-corrected chi connectivity index (χ1v) is 13.6. The van der Waals surface area contributed by atoms with Crippen molar-refractivity contribution in [1.82, 2.24) is 16.1 Å². The van der Waals surface area contributed by atoms with Crippen LogP contribution in [-0.4, -0.2) is 57.5 Å². The molecule has 230 valence electrons. The van der Waals surface area contributed by atoms with Gasteiger partial charge in [0.1, 0.15) is 11.5 Å². The number of hydrazone groups is 1. The molecule has 1 atom stereocenters. The highest BCUT2D eigenvalue weighted by molar-refractivity contribution is 6.33. The van der Waals surface area contributed by atoms with Crippen molar-refractivity contribution in [3.8, 4) is 22.8 Å². The number of amides is 3. The smallest absolute Gasteiger partial charge is 0.338 e. The summed E-state index contributed by atoms with van der Waals surface area (Å²) >= 11 is 6.27. The monoisotopic (exact) mass is 624 g/mol. The fourth-order valence-electron chi connectivity index (χ4n) is 4.28. The minimum Gasteiger partial charge on any atom is -0.493 e. The summed E-state index contributed by atoms with van der Waals surface area (Å²) in [4.78, 5) is 49.0. The molecular weight excluding hydrogens is 596 g/mol. The van der Waals surface area contributed by atoms with Crippen LogP contribution in [0.25, 0.3) is 11.3 Å². The van der Waals surface area contributed by atoms with Crippen LogP contribution in [0, 0.1) is 0 Å². The van der Waals surface area contributed by atoms with Crippen molar-refractivity contribution in [3.63, 3.8) is 0 Å². The Kier molecular flexibility index (Phi) is 10.2. The highest BCUT2D eigenvalue weighted by Gasteiger charge is 2.32. The zero-order valence-corrected chi connectivity index (χ0v) is 24.9. The number of nitrogens with zero attached hydrogens (tertiary/aromatic N) is 1. The van der Waals surface area contributed by atoms with Gasteiger partial charge in [0.2, 0.25) is 0 Å². The lowest BCUT2D eigenvalue weighted by atomic mass is 9.95. The van der Waals surface area contributed by atoms with Gasteiger partial charge in [-0.3, -0.25) is 4.79 Å². The predicted molar refractivity (Wildman–Crippen MR) is 158 cm³/mol. The molecule has 1 aromatic heterocycles. The summed E-state index contributed by atoms with van der Waals surface area (Å²) in [6, 6.07) is 11.4. The van der Waals surface area contributed by atoms with E-state index in [2.05, 4.69) is 21.2 Å². The highest BCUT2D eigenvalue weighted by atomic mass is 35.5. The Balaban J connectivity index is 1.38. The number of esters is 2. The molecule has 2 heterocycles. The summed E-state index contributed by atoms with van der Waals surface area (Å²) in [6.07, 6.45) is 1.29. The van der Waals surface area contributed by atoms with Gasteiger partial charge in [-0.2, -0.15) is 5.10 Å². The van der Waals surface area contributed by atoms with Crippen LogP contribution in [0.3, 0.4) is 0 Å². The van der Waals surface area contributed by atoms with E-state index in [1.54, 1.807) is 62.4 Å². The van der Waals surface area contributed by atoms with Gasteiger partial charge in [0, 0.05) is 11.3 Å². The second kappa shape index (κ2) is 14.2. The van der Waals surface area contributed by atoms with Crippen molar-refractivity contribution in [2.75, 3.05) is 27.4 Å². The Morgan fingerprint density at radius 2 is 1.86 bits per heavy atom. The largest absolute Gasteiger partial charge is 0.493 e. The lowest BCUT2D eigenvalue weighted by Crippen LogP contribution is -2.45. The molecule has 44 heavy (non-hydrogen) atoms. The Labute approximate surface area is 257 Å². The SMILES string of the molecule is CCOC(=O)C1=C(C)NC(=O)N[C@@H]1c1ccc(OCC(=O)N/N=C\c2ccc(-c3cc(C(=O)OC)ccc3Cl)o2)c(OC)c1. The van der Waals surface area contributed by atoms with Gasteiger partial charge in [0.15, 0.2) is 18.1 Å². The molecule has 0 bridgehead atoms. The molecule has 0 spiro atoms. The predicted octanol–water partition coefficient (Wildman–Crippen LogP) is 4.12. The van der Waals surface area contributed by atoms with Gasteiger partial charge in [-0.25, -0.2) is 19.8 Å². The fraction of sp³-hybridized carbons (Fsp3) is 0.233. The van der Waals surface area contributed by atoms with Gasteiger partial charge in [-0.1, -0.05) is 17.7 Å². The molecule has 1 aliphatic rings. The first-order valence-electron chi connectivity index (χ1n) is 13.2. The van der Waals surface area contributed by atoms with Gasteiger partial charge in [-0.15, -0.1) is 0 Å². The summed E-state index contributed by atoms with van der Waals surface area (Å²) in [5, 5.41) is 9.55. The van der Waals surface area contributed by atoms with Crippen molar-refractivity contribution in [2.24, 2.45) is 5.10 Å². The Hall–Kier alpha value is -5.30. The van der Waals surface area contributed by atoms with Gasteiger partial charge in [0.25, 0.3) is 5.91 Å². The van der Waals surface area contributed by atoms with Gasteiger partial charge < -0.3 is 34.0 Å². The van der Waals surface area contributed by atoms with E-state index >= 15 is 0 Å². The van der Waals surface area contributed by atoms with Crippen LogP contribution in [-0.2, 0) is 19.1 Å². The Morgan fingerprint density at radius 1 is 1.07 bits per heavy atom. The molecule has 3 aromatic rings. The lowest BCUT2D eigenvalue weighted by Gasteiger charge is -2.28. The third-order valence-electron chi connectivity index (χ3n) is 6.31. The molecule has 0 unspecified atom stereocenters. The number of rotatable bonds is 11. The molecule has 3 amide bonds. The lowest BCUT2D eigenvalue weighted by molar-refractivity contribution is -0.139. The van der Waals surface area contributed by atoms with Crippen molar-refractivity contribution in [2.45, 2.75) is 19.9 Å². The van der Waals surface area contributed by atoms with Gasteiger partial charge in [-0.05, 0) is 61.9 Å². The number of halogens is 1. The topological polar surface area (TPSA) is 167 Å². The molecule has 0 saturated carbocycles. The number of ether oxygens (including phenoxy) is 4. The average molecular weight is 625 g/mol. The Morgan fingerprint density at radius 3 is 2.59 bits per heavy atom. The normalized spacial score (nSPS) is 14.5. The number of hydrogen-bond acceptors (Lipinski definition) is 10. The summed E-state index contributed by atoms with van der Waals surface area (Å²) in [7, 11) is 2.70. The van der Waals surface area contributed by atoms with Crippen LogP contribution >= 0.6 is 11.6 Å². The molecule has 0 aliphatic carbocycles. The van der Waals surface area contributed by atoms with Crippen LogP contribution in [0.1, 0.15) is 41.6 Å². The molecule has 4 rings (SSSR count). The standard InChI is InChI=1S/C30H29ClN4O9/c1-5-42-29(38)26-16(2)33-30(39)34-27(26)17-7-10-23(24(13-17)40-3)43-15-25(36)35-32-14-19-8-11-22(44-19)20-12-18(28(37)41-4)6-9-21(20)31/h6-14,27H,5,15H2,1-4H3,(H,35,36)(H2,33,34,39)/b32-14-/t27-/m1/s1. The second-order valence-electron chi connectivity index (χ2n) is 9.17. The fourth-order valence-corrected chi connectivity index (χ4v) is 4.49. The molecule has 14 heteroatoms. The molecular formula is C30H29ClN4O9. The molecule has 13 nitrogen and oxygen atoms in total. The molecule has 1 aliphatic heterocycles. The quantitative estimate of drug-likeness (QED) is 0.162. The van der Waals surface area contributed by atoms with Crippen LogP contribution in [0.5, 0.6) is 11.5 Å². The minimum atomic E-state index is -0.793. The summed E-state index contributed by atoms with van der Waals surface area (Å²) in [5.41, 5.74) is 4.29. The molecule has 2 aromatic carbocycles. The number of benzene rings is 2. The van der Waals surface area contributed by atoms with E-state index in [-0.39, 0.29) is 23.7 Å². The number of urea groups is 1. The number of carbonyl (C=O) groups excluding carboxylic acids is 4. The molecule has 0 saturated heterocycles. The van der Waals surface area contributed by atoms with Crippen molar-refractivity contribution < 1.29 is 42.5 Å². The van der Waals surface area contributed by atoms with E-state index < -0.39 is 36.5 Å². The zero-order chi connectivity index (χ0) is 31.8. The molecule has 0 fully saturated rings. The number of nitrogens with one attached hydrogen (secondary N) is 3. The van der Waals surface area contributed by atoms with Crippen LogP contribution < -0.4 is 25.5 Å². The Bertz CT molecular complexity index is 1650. The van der Waals surface area contributed by atoms with E-state index in [1.165, 1.54) is 20.4 Å². The van der Waals surface area contributed by atoms with E-state index in [1.807, 2.05) is 0 Å². The average Bonchev–Trinajstić information content (AvgIpc) is 3.48. The first-order chi connectivity index (χ1) is 21.1. The summed E-state index contributed by atoms with van der Waals surface area (Å²) in [6.45, 7) is 3.07. The number of furan rings is 1. The van der Waals surface area contributed by atoms with E-state index in [4.69, 9.17) is 35.0 Å². The maximum absolute atomic E-state index is 12.6. The maximum atomic E-state index is 12.6. The second-order valence-corrected chi connectivity index (χ2v) is 9.58. The van der Waals surface area contributed by atoms with Crippen molar-refractivity contribution in [1.29, 1.82) is 0 Å². The zero-order valence-electron chi connectivity index (χ0n) is 24.2. The molecule has 3 N–H and O–H groups in total. The number of allylic oxidation sites excluding steroid dienone is 1. The summed E-state index contributed by atoms with van der Waals surface area (Å²) < 4.78 is 26.7. The van der Waals surface area contributed by atoms with Crippen LogP contribution in [0.4, 0.5) is 4.79 Å². The minimum absolute atomic E-state index is 0.169. The van der Waals surface area contributed by atoms with E-state index in [9.17, 15) is 19.2 Å². The molecule has 0 radical (unpaired) electrons. The van der Waals surface area contributed by atoms with Crippen molar-refractivity contribution in [3.05, 3.63) is 81.7 Å². The number of carbonyl (C=O) groups is 4. The number of methoxy groups -OCH3 is 2. The van der Waals surface area contributed by atoms with E-state index in [0.29, 0.717) is 38.9 Å². The first kappa shape index (κ1) is 31.6. The third kappa shape index (κ3) is 7.36. The van der Waals surface area contributed by atoms with Crippen molar-refractivity contribution >= 4 is 41.7 Å². The number of hydrogen-bond donors (Lipinski definition) is 3. The van der Waals surface area contributed by atoms with E-state index in [0.717, 1.165) is 0 Å². The van der Waals surface area contributed by atoms with Gasteiger partial charge in [0.05, 0.1) is 49.2 Å². The highest BCUT2D eigenvalue weighted by Crippen LogP contribution is 2.35. The van der Waals surface area contributed by atoms with Crippen LogP contribution in [0.15, 0.2) is 69.3 Å². The third-order valence-corrected chi connectivity index (χ3v) is 6.63.